The van der Waals surface area contributed by atoms with Crippen molar-refractivity contribution in [2.75, 3.05) is 36.4 Å². The molecule has 1 saturated heterocycles. The number of anilines is 3. The second kappa shape index (κ2) is 7.51. The fourth-order valence-electron chi connectivity index (χ4n) is 3.47. The Labute approximate surface area is 174 Å². The van der Waals surface area contributed by atoms with Crippen LogP contribution in [0.5, 0.6) is 0 Å². The van der Waals surface area contributed by atoms with Gasteiger partial charge in [0.1, 0.15) is 17.5 Å². The van der Waals surface area contributed by atoms with Crippen LogP contribution in [0.4, 0.5) is 17.3 Å². The number of carbonyl (C=O) groups excluding carboxylic acids is 1. The van der Waals surface area contributed by atoms with Gasteiger partial charge in [0.05, 0.1) is 0 Å². The number of carbonyl (C=O) groups is 1. The van der Waals surface area contributed by atoms with Gasteiger partial charge >= 0.3 is 0 Å². The normalized spacial score (nSPS) is 15.0. The van der Waals surface area contributed by atoms with E-state index in [0.29, 0.717) is 42.7 Å². The number of benzene rings is 1. The molecule has 0 bridgehead atoms. The molecule has 3 heterocycles. The van der Waals surface area contributed by atoms with E-state index >= 15 is 0 Å². The number of hydrogen-bond donors (Lipinski definition) is 2. The molecule has 1 aliphatic heterocycles. The molecule has 0 atom stereocenters. The van der Waals surface area contributed by atoms with E-state index in [-0.39, 0.29) is 11.3 Å². The lowest BCUT2D eigenvalue weighted by Crippen LogP contribution is -2.51. The van der Waals surface area contributed by atoms with E-state index in [1.807, 2.05) is 49.9 Å². The summed E-state index contributed by atoms with van der Waals surface area (Å²) in [5.41, 5.74) is 1.13. The van der Waals surface area contributed by atoms with Gasteiger partial charge in [-0.3, -0.25) is 9.89 Å². The van der Waals surface area contributed by atoms with E-state index in [2.05, 4.69) is 30.4 Å². The highest BCUT2D eigenvalue weighted by atomic mass is 35.5. The molecule has 29 heavy (non-hydrogen) atoms. The number of H-pyrrole nitrogens is 1. The Balaban J connectivity index is 1.58. The minimum atomic E-state index is -0.372. The largest absolute Gasteiger partial charge is 0.351 e. The number of hydrogen-bond acceptors (Lipinski definition) is 6. The maximum atomic E-state index is 12.6. The zero-order valence-electron chi connectivity index (χ0n) is 16.7. The first kappa shape index (κ1) is 19.4. The van der Waals surface area contributed by atoms with Gasteiger partial charge in [-0.1, -0.05) is 38.4 Å². The lowest BCUT2D eigenvalue weighted by molar-refractivity contribution is -0.139. The average molecular weight is 414 g/mol. The van der Waals surface area contributed by atoms with Crippen LogP contribution >= 0.6 is 11.6 Å². The standard InChI is InChI=1S/C20H24ClN7O/c1-20(2,3)19(29)28-9-7-27(8-10-28)18-15-16(22-12-23-17(15)25-26-18)24-14-6-4-5-13(21)11-14/h4-6,11-12H,7-10H2,1-3H3,(H2,22,23,24,25,26). The van der Waals surface area contributed by atoms with E-state index in [1.54, 1.807) is 0 Å². The summed E-state index contributed by atoms with van der Waals surface area (Å²) in [5.74, 6) is 1.62. The van der Waals surface area contributed by atoms with Crippen LogP contribution in [0.2, 0.25) is 5.02 Å². The van der Waals surface area contributed by atoms with Crippen LogP contribution in [0.25, 0.3) is 11.0 Å². The van der Waals surface area contributed by atoms with Crippen LogP contribution in [0.1, 0.15) is 20.8 Å². The summed E-state index contributed by atoms with van der Waals surface area (Å²) in [4.78, 5) is 25.4. The van der Waals surface area contributed by atoms with Crippen LogP contribution in [-0.4, -0.2) is 57.2 Å². The highest BCUT2D eigenvalue weighted by molar-refractivity contribution is 6.30. The maximum Gasteiger partial charge on any atom is 0.228 e. The number of piperazine rings is 1. The van der Waals surface area contributed by atoms with Gasteiger partial charge in [-0.2, -0.15) is 5.10 Å². The van der Waals surface area contributed by atoms with Gasteiger partial charge in [0.15, 0.2) is 11.5 Å². The topological polar surface area (TPSA) is 90.0 Å². The molecule has 4 rings (SSSR count). The molecule has 0 aliphatic carbocycles. The SMILES string of the molecule is CC(C)(C)C(=O)N1CCN(c2n[nH]c3ncnc(Nc4cccc(Cl)c4)c23)CC1. The minimum absolute atomic E-state index is 0.177. The smallest absolute Gasteiger partial charge is 0.228 e. The van der Waals surface area contributed by atoms with Gasteiger partial charge < -0.3 is 15.1 Å². The third kappa shape index (κ3) is 3.98. The summed E-state index contributed by atoms with van der Waals surface area (Å²) >= 11 is 6.10. The van der Waals surface area contributed by atoms with Gasteiger partial charge in [0.25, 0.3) is 0 Å². The summed E-state index contributed by atoms with van der Waals surface area (Å²) < 4.78 is 0. The van der Waals surface area contributed by atoms with Crippen molar-refractivity contribution in [1.29, 1.82) is 0 Å². The van der Waals surface area contributed by atoms with E-state index in [9.17, 15) is 4.79 Å². The average Bonchev–Trinajstić information content (AvgIpc) is 3.12. The number of halogens is 1. The second-order valence-corrected chi connectivity index (χ2v) is 8.59. The molecule has 0 saturated carbocycles. The number of nitrogens with zero attached hydrogens (tertiary/aromatic N) is 5. The number of rotatable bonds is 3. The van der Waals surface area contributed by atoms with Crippen LogP contribution in [0.3, 0.4) is 0 Å². The van der Waals surface area contributed by atoms with Gasteiger partial charge in [0.2, 0.25) is 5.91 Å². The van der Waals surface area contributed by atoms with E-state index < -0.39 is 0 Å². The molecule has 0 spiro atoms. The lowest BCUT2D eigenvalue weighted by Gasteiger charge is -2.37. The van der Waals surface area contributed by atoms with Crippen molar-refractivity contribution in [3.63, 3.8) is 0 Å². The van der Waals surface area contributed by atoms with E-state index in [1.165, 1.54) is 6.33 Å². The minimum Gasteiger partial charge on any atom is -0.351 e. The Morgan fingerprint density at radius 3 is 2.62 bits per heavy atom. The summed E-state index contributed by atoms with van der Waals surface area (Å²) in [6.07, 6.45) is 1.50. The monoisotopic (exact) mass is 413 g/mol. The fourth-order valence-corrected chi connectivity index (χ4v) is 3.66. The molecule has 9 heteroatoms. The first-order chi connectivity index (χ1) is 13.8. The Kier molecular flexibility index (Phi) is 5.04. The molecule has 0 unspecified atom stereocenters. The van der Waals surface area contributed by atoms with E-state index in [4.69, 9.17) is 11.6 Å². The van der Waals surface area contributed by atoms with Crippen molar-refractivity contribution < 1.29 is 4.79 Å². The molecule has 3 aromatic rings. The number of fused-ring (bicyclic) bond motifs is 1. The first-order valence-electron chi connectivity index (χ1n) is 9.59. The zero-order chi connectivity index (χ0) is 20.6. The molecule has 152 valence electrons. The third-order valence-electron chi connectivity index (χ3n) is 4.93. The molecule has 1 amide bonds. The summed E-state index contributed by atoms with van der Waals surface area (Å²) in [5, 5.41) is 12.3. The van der Waals surface area contributed by atoms with Crippen molar-refractivity contribution in [1.82, 2.24) is 25.1 Å². The maximum absolute atomic E-state index is 12.6. The molecule has 1 fully saturated rings. The Morgan fingerprint density at radius 2 is 1.93 bits per heavy atom. The molecule has 1 aromatic carbocycles. The lowest BCUT2D eigenvalue weighted by atomic mass is 9.94. The van der Waals surface area contributed by atoms with Gasteiger partial charge in [0, 0.05) is 42.3 Å². The summed E-state index contributed by atoms with van der Waals surface area (Å²) in [7, 11) is 0. The van der Waals surface area contributed by atoms with Crippen LogP contribution < -0.4 is 10.2 Å². The van der Waals surface area contributed by atoms with Gasteiger partial charge in [-0.05, 0) is 18.2 Å². The first-order valence-corrected chi connectivity index (χ1v) is 9.97. The van der Waals surface area contributed by atoms with Crippen molar-refractivity contribution >= 4 is 45.9 Å². The van der Waals surface area contributed by atoms with Crippen molar-refractivity contribution in [3.05, 3.63) is 35.6 Å². The summed E-state index contributed by atoms with van der Waals surface area (Å²) in [6, 6.07) is 7.47. The van der Waals surface area contributed by atoms with Crippen LogP contribution in [0, 0.1) is 5.41 Å². The second-order valence-electron chi connectivity index (χ2n) is 8.16. The Hall–Kier alpha value is -2.87. The molecular formula is C20H24ClN7O. The number of aromatic nitrogens is 4. The zero-order valence-corrected chi connectivity index (χ0v) is 17.5. The molecule has 2 N–H and O–H groups in total. The predicted octanol–water partition coefficient (Wildman–Crippen LogP) is 3.44. The Bertz CT molecular complexity index is 1030. The van der Waals surface area contributed by atoms with Crippen molar-refractivity contribution in [3.8, 4) is 0 Å². The number of nitrogens with one attached hydrogen (secondary N) is 2. The number of aromatic amines is 1. The third-order valence-corrected chi connectivity index (χ3v) is 5.17. The van der Waals surface area contributed by atoms with Crippen molar-refractivity contribution in [2.24, 2.45) is 5.41 Å². The quantitative estimate of drug-likeness (QED) is 0.683. The Morgan fingerprint density at radius 1 is 1.17 bits per heavy atom. The van der Waals surface area contributed by atoms with Crippen LogP contribution in [-0.2, 0) is 4.79 Å². The highest BCUT2D eigenvalue weighted by Crippen LogP contribution is 2.31. The molecule has 0 radical (unpaired) electrons. The van der Waals surface area contributed by atoms with Gasteiger partial charge in [-0.25, -0.2) is 9.97 Å². The van der Waals surface area contributed by atoms with Crippen LogP contribution in [0.15, 0.2) is 30.6 Å². The highest BCUT2D eigenvalue weighted by Gasteiger charge is 2.31. The fraction of sp³-hybridized carbons (Fsp3) is 0.400. The summed E-state index contributed by atoms with van der Waals surface area (Å²) in [6.45, 7) is 8.58. The van der Waals surface area contributed by atoms with E-state index in [0.717, 1.165) is 16.9 Å². The molecule has 1 aliphatic rings. The predicted molar refractivity (Wildman–Crippen MR) is 115 cm³/mol. The number of amides is 1. The molecular weight excluding hydrogens is 390 g/mol. The van der Waals surface area contributed by atoms with Crippen molar-refractivity contribution in [2.45, 2.75) is 20.8 Å². The van der Waals surface area contributed by atoms with Gasteiger partial charge in [-0.15, -0.1) is 0 Å². The molecule has 2 aromatic heterocycles. The molecule has 8 nitrogen and oxygen atoms in total.